The molecule has 1 heterocycles. The molecule has 0 fully saturated rings. The molecule has 0 aliphatic heterocycles. The van der Waals surface area contributed by atoms with Gasteiger partial charge in [0.1, 0.15) is 0 Å². The van der Waals surface area contributed by atoms with Crippen molar-refractivity contribution in [2.75, 3.05) is 7.05 Å². The van der Waals surface area contributed by atoms with Crippen LogP contribution < -0.4 is 0 Å². The fourth-order valence-corrected chi connectivity index (χ4v) is 1.02. The molecule has 1 rings (SSSR count). The zero-order valence-corrected chi connectivity index (χ0v) is 7.93. The summed E-state index contributed by atoms with van der Waals surface area (Å²) in [4.78, 5) is 26.7. The minimum absolute atomic E-state index is 0.191. The van der Waals surface area contributed by atoms with Crippen molar-refractivity contribution in [1.29, 1.82) is 0 Å². The van der Waals surface area contributed by atoms with E-state index < -0.39 is 0 Å². The van der Waals surface area contributed by atoms with Crippen LogP contribution in [0.15, 0.2) is 24.4 Å². The number of aromatic nitrogens is 1. The summed E-state index contributed by atoms with van der Waals surface area (Å²) in [7, 11) is 1.63. The molecular weight excluding hydrogens is 180 g/mol. The highest BCUT2D eigenvalue weighted by Gasteiger charge is 2.08. The van der Waals surface area contributed by atoms with Crippen LogP contribution in [-0.2, 0) is 16.1 Å². The van der Waals surface area contributed by atoms with Crippen LogP contribution in [0.2, 0.25) is 0 Å². The second-order valence-electron chi connectivity index (χ2n) is 2.89. The molecule has 0 atom stereocenters. The monoisotopic (exact) mass is 191 g/mol. The molecule has 1 radical (unpaired) electrons. The largest absolute Gasteiger partial charge is 0.339 e. The molecule has 0 aliphatic rings. The molecule has 14 heavy (non-hydrogen) atoms. The first-order chi connectivity index (χ1) is 6.74. The molecule has 73 valence electrons. The molecule has 0 bridgehead atoms. The Morgan fingerprint density at radius 3 is 2.93 bits per heavy atom. The van der Waals surface area contributed by atoms with E-state index in [0.29, 0.717) is 6.54 Å². The predicted molar refractivity (Wildman–Crippen MR) is 51.0 cm³/mol. The maximum Gasteiger partial charge on any atom is 0.230 e. The first-order valence-corrected chi connectivity index (χ1v) is 4.23. The Bertz CT molecular complexity index is 311. The molecule has 0 unspecified atom stereocenters. The van der Waals surface area contributed by atoms with Crippen LogP contribution in [0.1, 0.15) is 12.1 Å². The molecule has 0 saturated heterocycles. The highest BCUT2D eigenvalue weighted by Crippen LogP contribution is 1.99. The number of amides is 1. The topological polar surface area (TPSA) is 50.3 Å². The van der Waals surface area contributed by atoms with Gasteiger partial charge in [-0.15, -0.1) is 0 Å². The third-order valence-electron chi connectivity index (χ3n) is 1.77. The highest BCUT2D eigenvalue weighted by atomic mass is 16.2. The summed E-state index contributed by atoms with van der Waals surface area (Å²) in [5, 5.41) is 0. The van der Waals surface area contributed by atoms with Gasteiger partial charge in [-0.05, 0) is 12.1 Å². The van der Waals surface area contributed by atoms with E-state index in [1.165, 1.54) is 4.90 Å². The van der Waals surface area contributed by atoms with Crippen molar-refractivity contribution in [3.8, 4) is 0 Å². The second kappa shape index (κ2) is 5.11. The second-order valence-corrected chi connectivity index (χ2v) is 2.89. The Morgan fingerprint density at radius 2 is 2.36 bits per heavy atom. The molecule has 1 aromatic heterocycles. The lowest BCUT2D eigenvalue weighted by Gasteiger charge is -2.14. The Kier molecular flexibility index (Phi) is 3.79. The van der Waals surface area contributed by atoms with Crippen molar-refractivity contribution >= 4 is 12.2 Å². The van der Waals surface area contributed by atoms with Crippen molar-refractivity contribution in [3.05, 3.63) is 30.1 Å². The number of rotatable bonds is 4. The zero-order chi connectivity index (χ0) is 10.4. The average molecular weight is 191 g/mol. The summed E-state index contributed by atoms with van der Waals surface area (Å²) in [6, 6.07) is 5.49. The van der Waals surface area contributed by atoms with E-state index in [1.54, 1.807) is 19.5 Å². The van der Waals surface area contributed by atoms with Crippen molar-refractivity contribution < 1.29 is 9.59 Å². The standard InChI is InChI=1S/C10H11N2O2/c1-12(10(14)5-7-13)8-9-4-2-3-6-11-9/h2-4,6H,5,8H2,1H3. The molecule has 0 aromatic carbocycles. The lowest BCUT2D eigenvalue weighted by molar-refractivity contribution is -0.129. The van der Waals surface area contributed by atoms with Crippen molar-refractivity contribution in [2.45, 2.75) is 13.0 Å². The Hall–Kier alpha value is -1.71. The summed E-state index contributed by atoms with van der Waals surface area (Å²) in [6.07, 6.45) is 3.05. The Morgan fingerprint density at radius 1 is 1.57 bits per heavy atom. The van der Waals surface area contributed by atoms with E-state index in [1.807, 2.05) is 18.2 Å². The number of nitrogens with zero attached hydrogens (tertiary/aromatic N) is 2. The normalized spacial score (nSPS) is 9.50. The SMILES string of the molecule is CN(Cc1ccccn1)C(=O)C[C]=O. The zero-order valence-electron chi connectivity index (χ0n) is 7.93. The summed E-state index contributed by atoms with van der Waals surface area (Å²) in [6.45, 7) is 0.418. The highest BCUT2D eigenvalue weighted by molar-refractivity contribution is 5.88. The van der Waals surface area contributed by atoms with Gasteiger partial charge in [-0.1, -0.05) is 6.07 Å². The van der Waals surface area contributed by atoms with Gasteiger partial charge in [0.05, 0.1) is 18.7 Å². The molecule has 1 amide bonds. The average Bonchev–Trinajstić information content (AvgIpc) is 2.19. The number of hydrogen-bond acceptors (Lipinski definition) is 3. The molecule has 0 N–H and O–H groups in total. The molecule has 0 spiro atoms. The van der Waals surface area contributed by atoms with E-state index in [4.69, 9.17) is 0 Å². The van der Waals surface area contributed by atoms with Crippen molar-refractivity contribution in [3.63, 3.8) is 0 Å². The fraction of sp³-hybridized carbons (Fsp3) is 0.300. The summed E-state index contributed by atoms with van der Waals surface area (Å²) in [5.41, 5.74) is 0.800. The Balaban J connectivity index is 2.52. The molecule has 0 aliphatic carbocycles. The van der Waals surface area contributed by atoms with E-state index in [-0.39, 0.29) is 12.3 Å². The maximum atomic E-state index is 11.2. The van der Waals surface area contributed by atoms with E-state index in [0.717, 1.165) is 5.69 Å². The van der Waals surface area contributed by atoms with E-state index in [2.05, 4.69) is 4.98 Å². The smallest absolute Gasteiger partial charge is 0.230 e. The van der Waals surface area contributed by atoms with Gasteiger partial charge < -0.3 is 4.90 Å². The van der Waals surface area contributed by atoms with Gasteiger partial charge in [-0.2, -0.15) is 0 Å². The minimum Gasteiger partial charge on any atom is -0.339 e. The molecule has 4 nitrogen and oxygen atoms in total. The lowest BCUT2D eigenvalue weighted by atomic mass is 10.3. The van der Waals surface area contributed by atoms with E-state index >= 15 is 0 Å². The van der Waals surface area contributed by atoms with Crippen LogP contribution in [0.5, 0.6) is 0 Å². The molecular formula is C10H11N2O2. The summed E-state index contributed by atoms with van der Waals surface area (Å²) < 4.78 is 0. The van der Waals surface area contributed by atoms with Gasteiger partial charge in [0.15, 0.2) is 0 Å². The molecule has 0 saturated carbocycles. The molecule has 1 aromatic rings. The van der Waals surface area contributed by atoms with Crippen LogP contribution in [0.25, 0.3) is 0 Å². The molecule has 4 heteroatoms. The van der Waals surface area contributed by atoms with Gasteiger partial charge >= 0.3 is 0 Å². The number of pyridine rings is 1. The summed E-state index contributed by atoms with van der Waals surface area (Å²) in [5.74, 6) is -0.245. The van der Waals surface area contributed by atoms with Gasteiger partial charge in [0.2, 0.25) is 12.2 Å². The Labute approximate surface area is 82.6 Å². The van der Waals surface area contributed by atoms with Crippen molar-refractivity contribution in [2.24, 2.45) is 0 Å². The third-order valence-corrected chi connectivity index (χ3v) is 1.77. The van der Waals surface area contributed by atoms with Crippen molar-refractivity contribution in [1.82, 2.24) is 9.88 Å². The number of carbonyl (C=O) groups is 1. The summed E-state index contributed by atoms with van der Waals surface area (Å²) >= 11 is 0. The first-order valence-electron chi connectivity index (χ1n) is 4.23. The third kappa shape index (κ3) is 2.97. The quantitative estimate of drug-likeness (QED) is 0.653. The fourth-order valence-electron chi connectivity index (χ4n) is 1.02. The van der Waals surface area contributed by atoms with Crippen LogP contribution in [0, 0.1) is 0 Å². The van der Waals surface area contributed by atoms with Gasteiger partial charge in [-0.25, -0.2) is 0 Å². The first kappa shape index (κ1) is 10.4. The van der Waals surface area contributed by atoms with Gasteiger partial charge in [-0.3, -0.25) is 14.6 Å². The maximum absolute atomic E-state index is 11.2. The van der Waals surface area contributed by atoms with Crippen LogP contribution >= 0.6 is 0 Å². The van der Waals surface area contributed by atoms with E-state index in [9.17, 15) is 9.59 Å². The van der Waals surface area contributed by atoms with Crippen LogP contribution in [-0.4, -0.2) is 29.1 Å². The number of hydrogen-bond donors (Lipinski definition) is 0. The van der Waals surface area contributed by atoms with Crippen LogP contribution in [0.3, 0.4) is 0 Å². The van der Waals surface area contributed by atoms with Gasteiger partial charge in [0, 0.05) is 13.2 Å². The number of carbonyl (C=O) groups excluding carboxylic acids is 2. The van der Waals surface area contributed by atoms with Gasteiger partial charge in [0.25, 0.3) is 0 Å². The lowest BCUT2D eigenvalue weighted by Crippen LogP contribution is -2.26. The predicted octanol–water partition coefficient (Wildman–Crippen LogP) is 0.540. The van der Waals surface area contributed by atoms with Crippen LogP contribution in [0.4, 0.5) is 0 Å². The minimum atomic E-state index is -0.245.